The molecule has 1 atom stereocenters. The first-order valence-corrected chi connectivity index (χ1v) is 9.55. The van der Waals surface area contributed by atoms with Crippen LogP contribution in [-0.4, -0.2) is 24.0 Å². The topological polar surface area (TPSA) is 49.4 Å². The first-order chi connectivity index (χ1) is 12.9. The van der Waals surface area contributed by atoms with E-state index >= 15 is 0 Å². The Morgan fingerprint density at radius 2 is 1.74 bits per heavy atom. The van der Waals surface area contributed by atoms with Crippen LogP contribution in [0.4, 0.5) is 18.9 Å². The maximum Gasteiger partial charge on any atom is 0.471 e. The van der Waals surface area contributed by atoms with Crippen LogP contribution in [0.1, 0.15) is 36.6 Å². The molecule has 0 radical (unpaired) electrons. The van der Waals surface area contributed by atoms with Crippen molar-refractivity contribution in [3.63, 3.8) is 0 Å². The van der Waals surface area contributed by atoms with Gasteiger partial charge in [0, 0.05) is 16.6 Å². The lowest BCUT2D eigenvalue weighted by Crippen LogP contribution is -2.50. The second-order valence-corrected chi connectivity index (χ2v) is 7.40. The number of nitrogens with zero attached hydrogens (tertiary/aromatic N) is 1. The minimum atomic E-state index is -5.10. The lowest BCUT2D eigenvalue weighted by molar-refractivity contribution is -0.171. The average molecular weight is 396 g/mol. The summed E-state index contributed by atoms with van der Waals surface area (Å²) in [7, 11) is 0. The molecule has 1 unspecified atom stereocenters. The third-order valence-corrected chi connectivity index (χ3v) is 5.44. The third kappa shape index (κ3) is 4.50. The fraction of sp³-hybridized carbons (Fsp3) is 0.368. The largest absolute Gasteiger partial charge is 0.471 e. The van der Waals surface area contributed by atoms with Crippen molar-refractivity contribution in [2.75, 3.05) is 4.90 Å². The van der Waals surface area contributed by atoms with E-state index in [1.54, 1.807) is 23.6 Å². The fourth-order valence-electron chi connectivity index (χ4n) is 3.28. The number of carbonyl (C=O) groups excluding carboxylic acids is 2. The number of rotatable bonds is 5. The molecule has 4 nitrogen and oxygen atoms in total. The maximum atomic E-state index is 13.3. The summed E-state index contributed by atoms with van der Waals surface area (Å²) in [4.78, 5) is 26.2. The SMILES string of the molecule is O=C(NC1CCCC1)C(c1cccs1)N(C(=O)C(F)(F)F)c1ccccc1. The Balaban J connectivity index is 2.02. The number of hydrogen-bond donors (Lipinski definition) is 1. The van der Waals surface area contributed by atoms with Crippen LogP contribution in [0.5, 0.6) is 0 Å². The Hall–Kier alpha value is -2.35. The van der Waals surface area contributed by atoms with Gasteiger partial charge in [-0.3, -0.25) is 14.5 Å². The molecule has 2 amide bonds. The van der Waals surface area contributed by atoms with E-state index in [1.807, 2.05) is 0 Å². The molecule has 27 heavy (non-hydrogen) atoms. The molecule has 1 aliphatic carbocycles. The van der Waals surface area contributed by atoms with Gasteiger partial charge in [0.05, 0.1) is 0 Å². The molecule has 1 aromatic carbocycles. The number of anilines is 1. The summed E-state index contributed by atoms with van der Waals surface area (Å²) < 4.78 is 40.0. The van der Waals surface area contributed by atoms with E-state index in [0.717, 1.165) is 37.0 Å². The predicted molar refractivity (Wildman–Crippen MR) is 97.4 cm³/mol. The van der Waals surface area contributed by atoms with Crippen molar-refractivity contribution in [2.24, 2.45) is 0 Å². The highest BCUT2D eigenvalue weighted by molar-refractivity contribution is 7.10. The normalized spacial score (nSPS) is 16.1. The highest BCUT2D eigenvalue weighted by Crippen LogP contribution is 2.34. The van der Waals surface area contributed by atoms with Gasteiger partial charge in [-0.25, -0.2) is 0 Å². The lowest BCUT2D eigenvalue weighted by atomic mass is 10.1. The molecule has 8 heteroatoms. The van der Waals surface area contributed by atoms with E-state index in [1.165, 1.54) is 24.3 Å². The van der Waals surface area contributed by atoms with E-state index < -0.39 is 24.0 Å². The van der Waals surface area contributed by atoms with Crippen molar-refractivity contribution in [3.05, 3.63) is 52.7 Å². The van der Waals surface area contributed by atoms with Crippen LogP contribution >= 0.6 is 11.3 Å². The summed E-state index contributed by atoms with van der Waals surface area (Å²) in [6.07, 6.45) is -1.57. The molecule has 1 heterocycles. The highest BCUT2D eigenvalue weighted by Gasteiger charge is 2.47. The summed E-state index contributed by atoms with van der Waals surface area (Å²) in [5.74, 6) is -2.65. The molecule has 1 saturated carbocycles. The molecule has 144 valence electrons. The number of nitrogens with one attached hydrogen (secondary N) is 1. The molecule has 0 bridgehead atoms. The van der Waals surface area contributed by atoms with E-state index in [-0.39, 0.29) is 11.7 Å². The van der Waals surface area contributed by atoms with Gasteiger partial charge in [0.2, 0.25) is 5.91 Å². The number of amides is 2. The minimum absolute atomic E-state index is 0.0276. The zero-order valence-corrected chi connectivity index (χ0v) is 15.2. The van der Waals surface area contributed by atoms with Crippen LogP contribution < -0.4 is 10.2 Å². The van der Waals surface area contributed by atoms with Gasteiger partial charge in [-0.15, -0.1) is 11.3 Å². The number of alkyl halides is 3. The van der Waals surface area contributed by atoms with E-state index in [2.05, 4.69) is 5.32 Å². The standard InChI is InChI=1S/C19H19F3N2O2S/c20-19(21,22)18(26)24(14-9-2-1-3-10-14)16(15-11-6-12-27-15)17(25)23-13-7-4-5-8-13/h1-3,6,9-13,16H,4-5,7-8H2,(H,23,25). The summed E-state index contributed by atoms with van der Waals surface area (Å²) >= 11 is 1.15. The molecule has 1 N–H and O–H groups in total. The van der Waals surface area contributed by atoms with Crippen molar-refractivity contribution >= 4 is 28.8 Å². The van der Waals surface area contributed by atoms with Crippen molar-refractivity contribution in [3.8, 4) is 0 Å². The monoisotopic (exact) mass is 396 g/mol. The molecular formula is C19H19F3N2O2S. The Morgan fingerprint density at radius 1 is 1.07 bits per heavy atom. The minimum Gasteiger partial charge on any atom is -0.351 e. The van der Waals surface area contributed by atoms with Crippen LogP contribution in [0.2, 0.25) is 0 Å². The van der Waals surface area contributed by atoms with E-state index in [9.17, 15) is 22.8 Å². The predicted octanol–water partition coefficient (Wildman–Crippen LogP) is 4.44. The van der Waals surface area contributed by atoms with Crippen LogP contribution in [0.25, 0.3) is 0 Å². The van der Waals surface area contributed by atoms with E-state index in [4.69, 9.17) is 0 Å². The number of hydrogen-bond acceptors (Lipinski definition) is 3. The number of carbonyl (C=O) groups is 2. The molecule has 2 aromatic rings. The molecule has 0 aliphatic heterocycles. The molecule has 1 aromatic heterocycles. The maximum absolute atomic E-state index is 13.3. The summed E-state index contributed by atoms with van der Waals surface area (Å²) in [6, 6.07) is 9.28. The fourth-order valence-corrected chi connectivity index (χ4v) is 4.09. The highest BCUT2D eigenvalue weighted by atomic mass is 32.1. The zero-order chi connectivity index (χ0) is 19.4. The summed E-state index contributed by atoms with van der Waals surface area (Å²) in [5.41, 5.74) is 0.0276. The number of thiophene rings is 1. The van der Waals surface area contributed by atoms with Gasteiger partial charge in [0.25, 0.3) is 0 Å². The molecule has 0 spiro atoms. The molecule has 1 fully saturated rings. The summed E-state index contributed by atoms with van der Waals surface area (Å²) in [5, 5.41) is 4.50. The van der Waals surface area contributed by atoms with Crippen LogP contribution in [0.15, 0.2) is 47.8 Å². The van der Waals surface area contributed by atoms with Gasteiger partial charge in [-0.2, -0.15) is 13.2 Å². The molecule has 1 aliphatic rings. The van der Waals surface area contributed by atoms with Gasteiger partial charge in [0.15, 0.2) is 6.04 Å². The number of benzene rings is 1. The van der Waals surface area contributed by atoms with Gasteiger partial charge in [0.1, 0.15) is 0 Å². The van der Waals surface area contributed by atoms with Crippen LogP contribution in [0.3, 0.4) is 0 Å². The molecule has 0 saturated heterocycles. The summed E-state index contributed by atoms with van der Waals surface area (Å²) in [6.45, 7) is 0. The zero-order valence-electron chi connectivity index (χ0n) is 14.4. The second-order valence-electron chi connectivity index (χ2n) is 6.42. The van der Waals surface area contributed by atoms with Crippen LogP contribution in [-0.2, 0) is 9.59 Å². The van der Waals surface area contributed by atoms with Crippen molar-refractivity contribution in [1.29, 1.82) is 0 Å². The Bertz CT molecular complexity index is 772. The third-order valence-electron chi connectivity index (χ3n) is 4.52. The van der Waals surface area contributed by atoms with Crippen molar-refractivity contribution < 1.29 is 22.8 Å². The average Bonchev–Trinajstić information content (AvgIpc) is 3.32. The molecule has 3 rings (SSSR count). The first-order valence-electron chi connectivity index (χ1n) is 8.67. The number of halogens is 3. The van der Waals surface area contributed by atoms with Crippen LogP contribution in [0, 0.1) is 0 Å². The van der Waals surface area contributed by atoms with E-state index in [0.29, 0.717) is 9.78 Å². The Labute approximate surface area is 159 Å². The second kappa shape index (κ2) is 8.12. The lowest BCUT2D eigenvalue weighted by Gasteiger charge is -2.31. The first kappa shape index (κ1) is 19.4. The Kier molecular flexibility index (Phi) is 5.84. The smallest absolute Gasteiger partial charge is 0.351 e. The Morgan fingerprint density at radius 3 is 2.30 bits per heavy atom. The number of para-hydroxylation sites is 1. The van der Waals surface area contributed by atoms with Gasteiger partial charge in [-0.05, 0) is 36.4 Å². The van der Waals surface area contributed by atoms with Gasteiger partial charge < -0.3 is 5.32 Å². The van der Waals surface area contributed by atoms with Gasteiger partial charge in [-0.1, -0.05) is 37.1 Å². The quantitative estimate of drug-likeness (QED) is 0.812. The van der Waals surface area contributed by atoms with Crippen molar-refractivity contribution in [1.82, 2.24) is 5.32 Å². The van der Waals surface area contributed by atoms with Crippen molar-refractivity contribution in [2.45, 2.75) is 43.9 Å². The van der Waals surface area contributed by atoms with Gasteiger partial charge >= 0.3 is 12.1 Å². The molecular weight excluding hydrogens is 377 g/mol.